The summed E-state index contributed by atoms with van der Waals surface area (Å²) in [5.41, 5.74) is 1.05. The van der Waals surface area contributed by atoms with E-state index in [-0.39, 0.29) is 5.97 Å². The lowest BCUT2D eigenvalue weighted by Gasteiger charge is -2.28. The maximum absolute atomic E-state index is 12.0. The molecule has 0 saturated carbocycles. The predicted octanol–water partition coefficient (Wildman–Crippen LogP) is 2.59. The smallest absolute Gasteiger partial charge is 0.320 e. The van der Waals surface area contributed by atoms with Gasteiger partial charge in [0.15, 0.2) is 0 Å². The molecular weight excluding hydrogens is 316 g/mol. The first-order valence-electron chi connectivity index (χ1n) is 8.81. The Hall–Kier alpha value is -2.13. The summed E-state index contributed by atoms with van der Waals surface area (Å²) in [6.07, 6.45) is 4.87. The van der Waals surface area contributed by atoms with Crippen LogP contribution in [-0.4, -0.2) is 54.2 Å². The fourth-order valence-corrected chi connectivity index (χ4v) is 3.12. The molecule has 136 valence electrons. The third-order valence-electron chi connectivity index (χ3n) is 4.35. The zero-order valence-corrected chi connectivity index (χ0v) is 15.7. The van der Waals surface area contributed by atoms with Crippen molar-refractivity contribution in [2.24, 2.45) is 0 Å². The number of ether oxygens (including phenoxy) is 1. The predicted molar refractivity (Wildman–Crippen MR) is 97.3 cm³/mol. The minimum atomic E-state index is -0.444. The molecular formula is C19H28N4O2. The number of carbonyl (C=O) groups is 1. The van der Waals surface area contributed by atoms with Gasteiger partial charge < -0.3 is 9.64 Å². The van der Waals surface area contributed by atoms with Gasteiger partial charge in [0.05, 0.1) is 18.4 Å². The quantitative estimate of drug-likeness (QED) is 0.782. The van der Waals surface area contributed by atoms with E-state index in [4.69, 9.17) is 10.00 Å². The Labute approximate surface area is 150 Å². The van der Waals surface area contributed by atoms with E-state index in [1.807, 2.05) is 40.0 Å². The molecule has 1 aliphatic heterocycles. The molecule has 0 N–H and O–H groups in total. The van der Waals surface area contributed by atoms with E-state index in [0.717, 1.165) is 38.0 Å². The zero-order valence-electron chi connectivity index (χ0n) is 15.7. The maximum atomic E-state index is 12.0. The average Bonchev–Trinajstić information content (AvgIpc) is 2.79. The number of carbonyl (C=O) groups excluding carboxylic acids is 1. The van der Waals surface area contributed by atoms with E-state index in [0.29, 0.717) is 18.3 Å². The van der Waals surface area contributed by atoms with Crippen molar-refractivity contribution in [2.45, 2.75) is 51.7 Å². The van der Waals surface area contributed by atoms with Crippen LogP contribution in [0.15, 0.2) is 18.3 Å². The second-order valence-corrected chi connectivity index (χ2v) is 7.59. The van der Waals surface area contributed by atoms with Gasteiger partial charge in [-0.05, 0) is 59.2 Å². The molecule has 2 heterocycles. The molecule has 0 spiro atoms. The minimum absolute atomic E-state index is 0.174. The van der Waals surface area contributed by atoms with Gasteiger partial charge in [-0.1, -0.05) is 0 Å². The molecule has 1 aliphatic rings. The third kappa shape index (κ3) is 6.02. The molecule has 0 aliphatic carbocycles. The fourth-order valence-electron chi connectivity index (χ4n) is 3.12. The summed E-state index contributed by atoms with van der Waals surface area (Å²) >= 11 is 0. The number of nitrogens with zero attached hydrogens (tertiary/aromatic N) is 4. The third-order valence-corrected chi connectivity index (χ3v) is 4.35. The molecule has 25 heavy (non-hydrogen) atoms. The highest BCUT2D eigenvalue weighted by molar-refractivity contribution is 5.72. The monoisotopic (exact) mass is 344 g/mol. The summed E-state index contributed by atoms with van der Waals surface area (Å²) in [5, 5.41) is 8.85. The van der Waals surface area contributed by atoms with Crippen LogP contribution in [0.1, 0.15) is 45.7 Å². The number of hydrogen-bond donors (Lipinski definition) is 0. The number of nitriles is 1. The van der Waals surface area contributed by atoms with E-state index in [1.54, 1.807) is 12.3 Å². The number of aromatic nitrogens is 1. The number of likely N-dealkylation sites (N-methyl/N-ethyl adjacent to an activating group) is 1. The molecule has 0 bridgehead atoms. The lowest BCUT2D eigenvalue weighted by atomic mass is 10.1. The molecule has 1 fully saturated rings. The molecule has 6 nitrogen and oxygen atoms in total. The highest BCUT2D eigenvalue weighted by atomic mass is 16.6. The first-order valence-corrected chi connectivity index (χ1v) is 8.81. The number of esters is 1. The summed E-state index contributed by atoms with van der Waals surface area (Å²) in [6.45, 7) is 7.86. The summed E-state index contributed by atoms with van der Waals surface area (Å²) in [4.78, 5) is 20.6. The molecule has 1 aromatic heterocycles. The molecule has 0 amide bonds. The van der Waals surface area contributed by atoms with Gasteiger partial charge in [-0.15, -0.1) is 0 Å². The van der Waals surface area contributed by atoms with Gasteiger partial charge in [0.1, 0.15) is 17.4 Å². The molecule has 1 atom stereocenters. The van der Waals surface area contributed by atoms with E-state index < -0.39 is 5.60 Å². The van der Waals surface area contributed by atoms with Crippen molar-refractivity contribution in [2.75, 3.05) is 31.6 Å². The summed E-state index contributed by atoms with van der Waals surface area (Å²) in [7, 11) is 1.99. The Morgan fingerprint density at radius 2 is 2.16 bits per heavy atom. The SMILES string of the molecule is CN(CC(=O)OC(C)(C)C)[C@@H]1CCCN(c2ccc(C#N)nc2)CC1. The topological polar surface area (TPSA) is 69.5 Å². The molecule has 6 heteroatoms. The summed E-state index contributed by atoms with van der Waals surface area (Å²) < 4.78 is 5.42. The van der Waals surface area contributed by atoms with Crippen LogP contribution in [-0.2, 0) is 9.53 Å². The average molecular weight is 344 g/mol. The Kier molecular flexibility index (Phi) is 6.38. The van der Waals surface area contributed by atoms with Crippen LogP contribution in [0, 0.1) is 11.3 Å². The molecule has 0 radical (unpaired) electrons. The molecule has 0 aromatic carbocycles. The number of pyridine rings is 1. The van der Waals surface area contributed by atoms with Gasteiger partial charge in [-0.25, -0.2) is 4.98 Å². The Morgan fingerprint density at radius 3 is 2.76 bits per heavy atom. The van der Waals surface area contributed by atoms with Crippen LogP contribution in [0.2, 0.25) is 0 Å². The molecule has 1 saturated heterocycles. The zero-order chi connectivity index (χ0) is 18.4. The van der Waals surface area contributed by atoms with Crippen molar-refractivity contribution in [1.29, 1.82) is 5.26 Å². The van der Waals surface area contributed by atoms with Crippen LogP contribution < -0.4 is 4.90 Å². The molecule has 0 unspecified atom stereocenters. The van der Waals surface area contributed by atoms with Gasteiger partial charge in [0.2, 0.25) is 0 Å². The van der Waals surface area contributed by atoms with Crippen LogP contribution in [0.5, 0.6) is 0 Å². The lowest BCUT2D eigenvalue weighted by molar-refractivity contribution is -0.156. The van der Waals surface area contributed by atoms with Crippen molar-refractivity contribution in [3.63, 3.8) is 0 Å². The Bertz CT molecular complexity index is 616. The largest absolute Gasteiger partial charge is 0.459 e. The van der Waals surface area contributed by atoms with Gasteiger partial charge in [-0.2, -0.15) is 5.26 Å². The first kappa shape index (κ1) is 19.2. The number of anilines is 1. The fraction of sp³-hybridized carbons (Fsp3) is 0.632. The maximum Gasteiger partial charge on any atom is 0.320 e. The standard InChI is InChI=1S/C19H28N4O2/c1-19(2,3)25-18(24)14-22(4)16-6-5-10-23(11-9-16)17-8-7-15(12-20)21-13-17/h7-8,13,16H,5-6,9-11,14H2,1-4H3/t16-/m1/s1. The molecule has 2 rings (SSSR count). The van der Waals surface area contributed by atoms with Gasteiger partial charge in [0, 0.05) is 19.1 Å². The van der Waals surface area contributed by atoms with E-state index >= 15 is 0 Å². The van der Waals surface area contributed by atoms with Crippen LogP contribution in [0.25, 0.3) is 0 Å². The summed E-state index contributed by atoms with van der Waals surface area (Å²) in [5.74, 6) is -0.174. The number of rotatable bonds is 4. The number of hydrogen-bond acceptors (Lipinski definition) is 6. The van der Waals surface area contributed by atoms with Gasteiger partial charge in [-0.3, -0.25) is 9.69 Å². The van der Waals surface area contributed by atoms with Crippen molar-refractivity contribution >= 4 is 11.7 Å². The first-order chi connectivity index (χ1) is 11.8. The minimum Gasteiger partial charge on any atom is -0.459 e. The molecule has 1 aromatic rings. The Morgan fingerprint density at radius 1 is 1.40 bits per heavy atom. The highest BCUT2D eigenvalue weighted by Crippen LogP contribution is 2.21. The Balaban J connectivity index is 1.89. The highest BCUT2D eigenvalue weighted by Gasteiger charge is 2.24. The van der Waals surface area contributed by atoms with Crippen molar-refractivity contribution < 1.29 is 9.53 Å². The van der Waals surface area contributed by atoms with Crippen LogP contribution in [0.4, 0.5) is 5.69 Å². The van der Waals surface area contributed by atoms with E-state index in [2.05, 4.69) is 14.8 Å². The van der Waals surface area contributed by atoms with E-state index in [1.165, 1.54) is 0 Å². The van der Waals surface area contributed by atoms with Crippen molar-refractivity contribution in [1.82, 2.24) is 9.88 Å². The van der Waals surface area contributed by atoms with Crippen molar-refractivity contribution in [3.05, 3.63) is 24.0 Å². The lowest BCUT2D eigenvalue weighted by Crippen LogP contribution is -2.39. The summed E-state index contributed by atoms with van der Waals surface area (Å²) in [6, 6.07) is 6.12. The van der Waals surface area contributed by atoms with Crippen LogP contribution in [0.3, 0.4) is 0 Å². The normalized spacial score (nSPS) is 18.6. The van der Waals surface area contributed by atoms with Crippen LogP contribution >= 0.6 is 0 Å². The van der Waals surface area contributed by atoms with Gasteiger partial charge >= 0.3 is 5.97 Å². The second kappa shape index (κ2) is 8.30. The van der Waals surface area contributed by atoms with Crippen molar-refractivity contribution in [3.8, 4) is 6.07 Å². The van der Waals surface area contributed by atoms with E-state index in [9.17, 15) is 4.79 Å². The van der Waals surface area contributed by atoms with Gasteiger partial charge in [0.25, 0.3) is 0 Å². The second-order valence-electron chi connectivity index (χ2n) is 7.59.